The zero-order chi connectivity index (χ0) is 26.7. The maximum Gasteiger partial charge on any atom is 0.352 e. The predicted molar refractivity (Wildman–Crippen MR) is 148 cm³/mol. The fourth-order valence-corrected chi connectivity index (χ4v) is 5.97. The van der Waals surface area contributed by atoms with Crippen LogP contribution >= 0.6 is 7.60 Å². The van der Waals surface area contributed by atoms with Crippen molar-refractivity contribution < 1.29 is 27.8 Å². The van der Waals surface area contributed by atoms with E-state index in [2.05, 4.69) is 5.32 Å². The average Bonchev–Trinajstić information content (AvgIpc) is 2.93. The number of benzene rings is 3. The summed E-state index contributed by atoms with van der Waals surface area (Å²) < 4.78 is 42.5. The first kappa shape index (κ1) is 28.5. The highest BCUT2D eigenvalue weighted by Gasteiger charge is 2.40. The van der Waals surface area contributed by atoms with Crippen LogP contribution in [0.25, 0.3) is 12.2 Å². The SMILES string of the molecule is CCOP(=O)(OCC)C(NCc1ccccc1)c1c(/C=C/c2ccc(OC)cc2)cc(OC)cc1OC. The van der Waals surface area contributed by atoms with Gasteiger partial charge in [0, 0.05) is 18.2 Å². The average molecular weight is 526 g/mol. The number of ether oxygens (including phenoxy) is 3. The fourth-order valence-electron chi connectivity index (χ4n) is 3.97. The number of hydrogen-bond acceptors (Lipinski definition) is 7. The molecule has 0 amide bonds. The van der Waals surface area contributed by atoms with E-state index in [0.29, 0.717) is 23.6 Å². The van der Waals surface area contributed by atoms with Gasteiger partial charge in [0.1, 0.15) is 23.0 Å². The van der Waals surface area contributed by atoms with Crippen molar-refractivity contribution in [3.8, 4) is 17.2 Å². The van der Waals surface area contributed by atoms with E-state index in [4.69, 9.17) is 23.3 Å². The molecule has 1 unspecified atom stereocenters. The van der Waals surface area contributed by atoms with E-state index in [0.717, 1.165) is 22.4 Å². The lowest BCUT2D eigenvalue weighted by atomic mass is 10.0. The summed E-state index contributed by atoms with van der Waals surface area (Å²) in [5, 5.41) is 3.44. The Balaban J connectivity index is 2.15. The molecule has 7 nitrogen and oxygen atoms in total. The molecule has 0 radical (unpaired) electrons. The molecule has 198 valence electrons. The van der Waals surface area contributed by atoms with Crippen molar-refractivity contribution in [2.75, 3.05) is 34.5 Å². The Labute approximate surface area is 219 Å². The normalized spacial score (nSPS) is 12.5. The Hall–Kier alpha value is -3.09. The highest BCUT2D eigenvalue weighted by Crippen LogP contribution is 2.62. The van der Waals surface area contributed by atoms with Crippen LogP contribution in [0, 0.1) is 0 Å². The van der Waals surface area contributed by atoms with Gasteiger partial charge in [-0.25, -0.2) is 0 Å². The molecular formula is C29H36NO6P. The van der Waals surface area contributed by atoms with Crippen molar-refractivity contribution >= 4 is 19.7 Å². The summed E-state index contributed by atoms with van der Waals surface area (Å²) in [7, 11) is 1.15. The summed E-state index contributed by atoms with van der Waals surface area (Å²) in [4.78, 5) is 0. The summed E-state index contributed by atoms with van der Waals surface area (Å²) in [6, 6.07) is 21.3. The maximum absolute atomic E-state index is 14.2. The van der Waals surface area contributed by atoms with Gasteiger partial charge >= 0.3 is 7.60 Å². The van der Waals surface area contributed by atoms with Gasteiger partial charge in [0.15, 0.2) is 0 Å². The molecule has 1 atom stereocenters. The van der Waals surface area contributed by atoms with E-state index in [1.165, 1.54) is 0 Å². The van der Waals surface area contributed by atoms with Crippen LogP contribution in [0.1, 0.15) is 41.9 Å². The molecule has 0 spiro atoms. The first-order valence-corrected chi connectivity index (χ1v) is 13.8. The van der Waals surface area contributed by atoms with Crippen molar-refractivity contribution in [3.63, 3.8) is 0 Å². The van der Waals surface area contributed by atoms with Crippen molar-refractivity contribution in [2.45, 2.75) is 26.2 Å². The third kappa shape index (κ3) is 7.46. The molecule has 0 aliphatic carbocycles. The van der Waals surface area contributed by atoms with Gasteiger partial charge in [-0.2, -0.15) is 0 Å². The summed E-state index contributed by atoms with van der Waals surface area (Å²) in [6.07, 6.45) is 3.92. The van der Waals surface area contributed by atoms with Crippen molar-refractivity contribution in [1.29, 1.82) is 0 Å². The molecule has 0 aromatic heterocycles. The lowest BCUT2D eigenvalue weighted by Crippen LogP contribution is -2.24. The van der Waals surface area contributed by atoms with E-state index < -0.39 is 13.4 Å². The minimum atomic E-state index is -3.67. The standard InChI is InChI=1S/C29H36NO6P/c1-6-35-37(31,36-7-2)29(30-21-23-11-9-8-10-12-23)28-24(19-26(33-4)20-27(28)34-5)16-13-22-14-17-25(32-3)18-15-22/h8-20,29-30H,6-7,21H2,1-5H3/b16-13+. The van der Waals surface area contributed by atoms with Crippen LogP contribution in [0.4, 0.5) is 0 Å². The minimum Gasteiger partial charge on any atom is -0.497 e. The molecule has 1 N–H and O–H groups in total. The molecule has 0 fully saturated rings. The Bertz CT molecular complexity index is 1190. The Morgan fingerprint density at radius 1 is 0.811 bits per heavy atom. The van der Waals surface area contributed by atoms with E-state index in [1.54, 1.807) is 41.2 Å². The van der Waals surface area contributed by atoms with E-state index in [1.807, 2.05) is 72.8 Å². The molecule has 0 aliphatic heterocycles. The summed E-state index contributed by atoms with van der Waals surface area (Å²) in [5.41, 5.74) is 3.43. The summed E-state index contributed by atoms with van der Waals surface area (Å²) in [6.45, 7) is 4.52. The fraction of sp³-hybridized carbons (Fsp3) is 0.310. The van der Waals surface area contributed by atoms with Gasteiger partial charge < -0.3 is 23.3 Å². The second-order valence-corrected chi connectivity index (χ2v) is 10.2. The molecule has 3 aromatic rings. The highest BCUT2D eigenvalue weighted by atomic mass is 31.2. The van der Waals surface area contributed by atoms with Gasteiger partial charge in [0.05, 0.1) is 34.5 Å². The van der Waals surface area contributed by atoms with Crippen LogP contribution in [-0.4, -0.2) is 34.5 Å². The van der Waals surface area contributed by atoms with Crippen LogP contribution in [-0.2, 0) is 20.2 Å². The minimum absolute atomic E-state index is 0.232. The van der Waals surface area contributed by atoms with Gasteiger partial charge in [-0.05, 0) is 48.7 Å². The molecular weight excluding hydrogens is 489 g/mol. The van der Waals surface area contributed by atoms with Crippen molar-refractivity contribution in [2.24, 2.45) is 0 Å². The molecule has 0 saturated heterocycles. The number of nitrogens with one attached hydrogen (secondary N) is 1. The van der Waals surface area contributed by atoms with E-state index in [9.17, 15) is 4.57 Å². The van der Waals surface area contributed by atoms with Crippen LogP contribution in [0.15, 0.2) is 66.7 Å². The van der Waals surface area contributed by atoms with Gasteiger partial charge in [-0.15, -0.1) is 0 Å². The molecule has 3 aromatic carbocycles. The number of rotatable bonds is 14. The molecule has 0 saturated carbocycles. The van der Waals surface area contributed by atoms with Gasteiger partial charge in [-0.1, -0.05) is 54.6 Å². The largest absolute Gasteiger partial charge is 0.497 e. The van der Waals surface area contributed by atoms with Gasteiger partial charge in [0.25, 0.3) is 0 Å². The highest BCUT2D eigenvalue weighted by molar-refractivity contribution is 7.54. The van der Waals surface area contributed by atoms with Crippen LogP contribution in [0.2, 0.25) is 0 Å². The summed E-state index contributed by atoms with van der Waals surface area (Å²) >= 11 is 0. The molecule has 0 aliphatic rings. The second-order valence-electron chi connectivity index (χ2n) is 8.08. The quantitative estimate of drug-likeness (QED) is 0.181. The lowest BCUT2D eigenvalue weighted by molar-refractivity contribution is 0.206. The first-order valence-electron chi connectivity index (χ1n) is 12.2. The zero-order valence-corrected chi connectivity index (χ0v) is 23.0. The molecule has 3 rings (SSSR count). The molecule has 0 heterocycles. The Kier molecular flexibility index (Phi) is 10.8. The van der Waals surface area contributed by atoms with E-state index in [-0.39, 0.29) is 13.2 Å². The number of hydrogen-bond donors (Lipinski definition) is 1. The van der Waals surface area contributed by atoms with Crippen molar-refractivity contribution in [1.82, 2.24) is 5.32 Å². The van der Waals surface area contributed by atoms with Crippen LogP contribution in [0.3, 0.4) is 0 Å². The first-order chi connectivity index (χ1) is 18.0. The third-order valence-corrected chi connectivity index (χ3v) is 8.03. The maximum atomic E-state index is 14.2. The topological polar surface area (TPSA) is 75.3 Å². The monoisotopic (exact) mass is 525 g/mol. The molecule has 37 heavy (non-hydrogen) atoms. The van der Waals surface area contributed by atoms with Gasteiger partial charge in [0.2, 0.25) is 0 Å². The van der Waals surface area contributed by atoms with Crippen molar-refractivity contribution in [3.05, 3.63) is 89.0 Å². The van der Waals surface area contributed by atoms with Crippen LogP contribution < -0.4 is 19.5 Å². The summed E-state index contributed by atoms with van der Waals surface area (Å²) in [5.74, 6) is 1.10. The Morgan fingerprint density at radius 2 is 1.46 bits per heavy atom. The van der Waals surface area contributed by atoms with Crippen LogP contribution in [0.5, 0.6) is 17.2 Å². The van der Waals surface area contributed by atoms with Gasteiger partial charge in [-0.3, -0.25) is 9.88 Å². The van der Waals surface area contributed by atoms with E-state index >= 15 is 0 Å². The zero-order valence-electron chi connectivity index (χ0n) is 22.1. The molecule has 0 bridgehead atoms. The smallest absolute Gasteiger partial charge is 0.352 e. The Morgan fingerprint density at radius 3 is 2.03 bits per heavy atom. The predicted octanol–water partition coefficient (Wildman–Crippen LogP) is 6.94. The second kappa shape index (κ2) is 14.0. The number of methoxy groups -OCH3 is 3. The third-order valence-electron chi connectivity index (χ3n) is 5.72. The molecule has 8 heteroatoms. The lowest BCUT2D eigenvalue weighted by Gasteiger charge is -2.30.